The lowest BCUT2D eigenvalue weighted by Gasteiger charge is -2.25. The van der Waals surface area contributed by atoms with E-state index in [1.54, 1.807) is 4.90 Å². The maximum absolute atomic E-state index is 12.6. The first-order valence-corrected chi connectivity index (χ1v) is 7.52. The fourth-order valence-corrected chi connectivity index (χ4v) is 2.86. The molecule has 1 aromatic carbocycles. The molecule has 4 nitrogen and oxygen atoms in total. The lowest BCUT2D eigenvalue weighted by molar-refractivity contribution is -0.149. The summed E-state index contributed by atoms with van der Waals surface area (Å²) in [5, 5.41) is 0. The molecule has 0 spiro atoms. The molecule has 1 saturated carbocycles. The summed E-state index contributed by atoms with van der Waals surface area (Å²) >= 11 is 0. The Kier molecular flexibility index (Phi) is 5.37. The standard InChI is InChI=1S/C17H23NO3/c1-13-7-3-4-10-15(13)11-18(12-16(19)21-2)17(20)14-8-5-6-9-14/h3-4,7,10,14H,5-6,8-9,11-12H2,1-2H3. The van der Waals surface area contributed by atoms with Gasteiger partial charge in [0.15, 0.2) is 0 Å². The third kappa shape index (κ3) is 4.06. The number of hydrogen-bond donors (Lipinski definition) is 0. The number of benzene rings is 1. The van der Waals surface area contributed by atoms with Crippen LogP contribution < -0.4 is 0 Å². The molecular formula is C17H23NO3. The van der Waals surface area contributed by atoms with Crippen LogP contribution in [0.4, 0.5) is 0 Å². The van der Waals surface area contributed by atoms with Crippen LogP contribution in [-0.4, -0.2) is 30.4 Å². The molecule has 0 atom stereocenters. The van der Waals surface area contributed by atoms with Gasteiger partial charge in [0.05, 0.1) is 7.11 Å². The average Bonchev–Trinajstić information content (AvgIpc) is 3.02. The van der Waals surface area contributed by atoms with Crippen molar-refractivity contribution in [1.82, 2.24) is 4.90 Å². The third-order valence-electron chi connectivity index (χ3n) is 4.19. The van der Waals surface area contributed by atoms with Gasteiger partial charge in [0.2, 0.25) is 5.91 Å². The largest absolute Gasteiger partial charge is 0.468 e. The van der Waals surface area contributed by atoms with Crippen LogP contribution >= 0.6 is 0 Å². The average molecular weight is 289 g/mol. The number of ether oxygens (including phenoxy) is 1. The summed E-state index contributed by atoms with van der Waals surface area (Å²) in [4.78, 5) is 25.9. The van der Waals surface area contributed by atoms with Crippen LogP contribution in [-0.2, 0) is 20.9 Å². The Morgan fingerprint density at radius 1 is 1.24 bits per heavy atom. The summed E-state index contributed by atoms with van der Waals surface area (Å²) in [6.45, 7) is 2.52. The number of hydrogen-bond acceptors (Lipinski definition) is 3. The van der Waals surface area contributed by atoms with Crippen LogP contribution in [0.15, 0.2) is 24.3 Å². The molecule has 1 aliphatic rings. The minimum Gasteiger partial charge on any atom is -0.468 e. The van der Waals surface area contributed by atoms with E-state index in [4.69, 9.17) is 4.74 Å². The van der Waals surface area contributed by atoms with Crippen LogP contribution in [0.5, 0.6) is 0 Å². The Balaban J connectivity index is 2.13. The first kappa shape index (κ1) is 15.5. The summed E-state index contributed by atoms with van der Waals surface area (Å²) in [5.74, 6) is -0.213. The van der Waals surface area contributed by atoms with E-state index < -0.39 is 0 Å². The second-order valence-corrected chi connectivity index (χ2v) is 5.68. The number of rotatable bonds is 5. The molecule has 0 N–H and O–H groups in total. The van der Waals surface area contributed by atoms with Gasteiger partial charge < -0.3 is 9.64 Å². The Hall–Kier alpha value is -1.84. The molecule has 0 aromatic heterocycles. The van der Waals surface area contributed by atoms with E-state index in [9.17, 15) is 9.59 Å². The molecule has 0 radical (unpaired) electrons. The molecule has 0 unspecified atom stereocenters. The van der Waals surface area contributed by atoms with Crippen LogP contribution in [0.3, 0.4) is 0 Å². The zero-order valence-electron chi connectivity index (χ0n) is 12.8. The van der Waals surface area contributed by atoms with Crippen molar-refractivity contribution >= 4 is 11.9 Å². The Labute approximate surface area is 126 Å². The maximum Gasteiger partial charge on any atom is 0.325 e. The van der Waals surface area contributed by atoms with Crippen LogP contribution in [0.2, 0.25) is 0 Å². The summed E-state index contributed by atoms with van der Waals surface area (Å²) in [5.41, 5.74) is 2.21. The van der Waals surface area contributed by atoms with Gasteiger partial charge in [-0.3, -0.25) is 9.59 Å². The number of esters is 1. The molecule has 0 bridgehead atoms. The van der Waals surface area contributed by atoms with Gasteiger partial charge in [-0.05, 0) is 30.9 Å². The van der Waals surface area contributed by atoms with Crippen LogP contribution in [0.1, 0.15) is 36.8 Å². The lowest BCUT2D eigenvalue weighted by atomic mass is 10.0. The van der Waals surface area contributed by atoms with E-state index in [1.165, 1.54) is 7.11 Å². The van der Waals surface area contributed by atoms with E-state index in [0.717, 1.165) is 36.8 Å². The van der Waals surface area contributed by atoms with Crippen molar-refractivity contribution in [2.75, 3.05) is 13.7 Å². The Morgan fingerprint density at radius 3 is 2.52 bits per heavy atom. The normalized spacial score (nSPS) is 15.0. The van der Waals surface area contributed by atoms with Gasteiger partial charge in [0.25, 0.3) is 0 Å². The zero-order chi connectivity index (χ0) is 15.2. The van der Waals surface area contributed by atoms with E-state index in [2.05, 4.69) is 0 Å². The summed E-state index contributed by atoms with van der Waals surface area (Å²) in [6.07, 6.45) is 4.08. The molecule has 2 rings (SSSR count). The summed E-state index contributed by atoms with van der Waals surface area (Å²) in [7, 11) is 1.36. The Bertz CT molecular complexity index is 507. The maximum atomic E-state index is 12.6. The number of methoxy groups -OCH3 is 1. The monoisotopic (exact) mass is 289 g/mol. The van der Waals surface area contributed by atoms with Gasteiger partial charge in [0, 0.05) is 12.5 Å². The van der Waals surface area contributed by atoms with Gasteiger partial charge >= 0.3 is 5.97 Å². The molecule has 0 aliphatic heterocycles. The smallest absolute Gasteiger partial charge is 0.325 e. The minimum absolute atomic E-state index is 0.0279. The second kappa shape index (κ2) is 7.25. The quantitative estimate of drug-likeness (QED) is 0.783. The van der Waals surface area contributed by atoms with Gasteiger partial charge in [-0.15, -0.1) is 0 Å². The molecule has 21 heavy (non-hydrogen) atoms. The van der Waals surface area contributed by atoms with Gasteiger partial charge in [-0.1, -0.05) is 37.1 Å². The van der Waals surface area contributed by atoms with Crippen molar-refractivity contribution in [2.45, 2.75) is 39.2 Å². The molecule has 0 saturated heterocycles. The van der Waals surface area contributed by atoms with Crippen LogP contribution in [0, 0.1) is 12.8 Å². The summed E-state index contributed by atoms with van der Waals surface area (Å²) in [6, 6.07) is 7.95. The van der Waals surface area contributed by atoms with Crippen molar-refractivity contribution < 1.29 is 14.3 Å². The minimum atomic E-state index is -0.366. The van der Waals surface area contributed by atoms with Gasteiger partial charge in [-0.25, -0.2) is 0 Å². The molecule has 114 valence electrons. The number of amides is 1. The first-order chi connectivity index (χ1) is 10.1. The van der Waals surface area contributed by atoms with Crippen molar-refractivity contribution in [2.24, 2.45) is 5.92 Å². The fourth-order valence-electron chi connectivity index (χ4n) is 2.86. The van der Waals surface area contributed by atoms with Gasteiger partial charge in [0.1, 0.15) is 6.54 Å². The highest BCUT2D eigenvalue weighted by Crippen LogP contribution is 2.27. The Morgan fingerprint density at radius 2 is 1.90 bits per heavy atom. The van der Waals surface area contributed by atoms with Gasteiger partial charge in [-0.2, -0.15) is 0 Å². The van der Waals surface area contributed by atoms with Crippen LogP contribution in [0.25, 0.3) is 0 Å². The van der Waals surface area contributed by atoms with E-state index in [-0.39, 0.29) is 24.3 Å². The molecular weight excluding hydrogens is 266 g/mol. The predicted octanol–water partition coefficient (Wildman–Crippen LogP) is 2.69. The third-order valence-corrected chi connectivity index (χ3v) is 4.19. The van der Waals surface area contributed by atoms with Crippen molar-refractivity contribution in [3.63, 3.8) is 0 Å². The molecule has 1 aromatic rings. The highest BCUT2D eigenvalue weighted by molar-refractivity contribution is 5.83. The molecule has 1 fully saturated rings. The lowest BCUT2D eigenvalue weighted by Crippen LogP contribution is -2.39. The molecule has 1 aliphatic carbocycles. The molecule has 1 amide bonds. The SMILES string of the molecule is COC(=O)CN(Cc1ccccc1C)C(=O)C1CCCC1. The van der Waals surface area contributed by atoms with Crippen molar-refractivity contribution in [1.29, 1.82) is 0 Å². The number of nitrogens with zero attached hydrogens (tertiary/aromatic N) is 1. The number of carbonyl (C=O) groups excluding carboxylic acids is 2. The van der Waals surface area contributed by atoms with E-state index >= 15 is 0 Å². The first-order valence-electron chi connectivity index (χ1n) is 7.52. The fraction of sp³-hybridized carbons (Fsp3) is 0.529. The van der Waals surface area contributed by atoms with E-state index in [1.807, 2.05) is 31.2 Å². The second-order valence-electron chi connectivity index (χ2n) is 5.68. The van der Waals surface area contributed by atoms with Crippen molar-refractivity contribution in [3.8, 4) is 0 Å². The molecule has 4 heteroatoms. The zero-order valence-corrected chi connectivity index (χ0v) is 12.8. The number of aryl methyl sites for hydroxylation is 1. The molecule has 0 heterocycles. The highest BCUT2D eigenvalue weighted by Gasteiger charge is 2.28. The van der Waals surface area contributed by atoms with Crippen molar-refractivity contribution in [3.05, 3.63) is 35.4 Å². The summed E-state index contributed by atoms with van der Waals surface area (Å²) < 4.78 is 4.73. The number of carbonyl (C=O) groups is 2. The highest BCUT2D eigenvalue weighted by atomic mass is 16.5. The predicted molar refractivity (Wildman–Crippen MR) is 80.6 cm³/mol. The van der Waals surface area contributed by atoms with E-state index in [0.29, 0.717) is 6.54 Å². The topological polar surface area (TPSA) is 46.6 Å².